The van der Waals surface area contributed by atoms with Crippen LogP contribution in [0.2, 0.25) is 0 Å². The van der Waals surface area contributed by atoms with Gasteiger partial charge in [0.1, 0.15) is 5.76 Å². The number of carbonyl (C=O) groups is 1. The number of rotatable bonds is 3. The Hall–Kier alpha value is -2.10. The highest BCUT2D eigenvalue weighted by molar-refractivity contribution is 5.76. The van der Waals surface area contributed by atoms with Crippen LogP contribution in [0.15, 0.2) is 35.2 Å². The second kappa shape index (κ2) is 4.18. The molecule has 2 aromatic rings. The van der Waals surface area contributed by atoms with Gasteiger partial charge in [-0.1, -0.05) is 6.07 Å². The third kappa shape index (κ3) is 1.95. The Morgan fingerprint density at radius 2 is 2.38 bits per heavy atom. The molecule has 0 aromatic carbocycles. The Morgan fingerprint density at radius 3 is 3.00 bits per heavy atom. The van der Waals surface area contributed by atoms with Gasteiger partial charge >= 0.3 is 5.97 Å². The average Bonchev–Trinajstić information content (AvgIpc) is 2.61. The molecule has 0 amide bonds. The first-order valence-electron chi connectivity index (χ1n) is 4.87. The summed E-state index contributed by atoms with van der Waals surface area (Å²) in [5.41, 5.74) is 2.38. The number of furan rings is 1. The van der Waals surface area contributed by atoms with Crippen molar-refractivity contribution >= 4 is 5.97 Å². The molecule has 0 radical (unpaired) electrons. The van der Waals surface area contributed by atoms with E-state index in [-0.39, 0.29) is 6.42 Å². The van der Waals surface area contributed by atoms with Crippen LogP contribution >= 0.6 is 0 Å². The highest BCUT2D eigenvalue weighted by Crippen LogP contribution is 2.27. The Morgan fingerprint density at radius 1 is 1.56 bits per heavy atom. The summed E-state index contributed by atoms with van der Waals surface area (Å²) in [6.45, 7) is 1.76. The number of aryl methyl sites for hydroxylation is 1. The molecule has 0 aliphatic heterocycles. The molecule has 0 aliphatic rings. The fraction of sp³-hybridized carbons (Fsp3) is 0.167. The number of carboxylic acids is 1. The van der Waals surface area contributed by atoms with Crippen molar-refractivity contribution < 1.29 is 14.3 Å². The number of pyridine rings is 1. The van der Waals surface area contributed by atoms with E-state index >= 15 is 0 Å². The molecule has 0 atom stereocenters. The smallest absolute Gasteiger partial charge is 0.307 e. The summed E-state index contributed by atoms with van der Waals surface area (Å²) in [6.07, 6.45) is 4.90. The summed E-state index contributed by atoms with van der Waals surface area (Å²) in [7, 11) is 0. The van der Waals surface area contributed by atoms with Gasteiger partial charge in [0.15, 0.2) is 0 Å². The van der Waals surface area contributed by atoms with E-state index < -0.39 is 5.97 Å². The van der Waals surface area contributed by atoms with E-state index in [4.69, 9.17) is 9.52 Å². The van der Waals surface area contributed by atoms with E-state index in [0.29, 0.717) is 11.3 Å². The third-order valence-corrected chi connectivity index (χ3v) is 2.40. The highest BCUT2D eigenvalue weighted by Gasteiger charge is 2.14. The van der Waals surface area contributed by atoms with Crippen molar-refractivity contribution in [2.45, 2.75) is 13.3 Å². The Kier molecular flexibility index (Phi) is 2.72. The van der Waals surface area contributed by atoms with Crippen molar-refractivity contribution in [3.05, 3.63) is 42.1 Å². The molecule has 0 saturated heterocycles. The lowest BCUT2D eigenvalue weighted by molar-refractivity contribution is -0.136. The van der Waals surface area contributed by atoms with Gasteiger partial charge in [0.2, 0.25) is 0 Å². The normalized spacial score (nSPS) is 10.3. The first kappa shape index (κ1) is 10.4. The Bertz CT molecular complexity index is 502. The molecule has 4 heteroatoms. The van der Waals surface area contributed by atoms with Gasteiger partial charge < -0.3 is 9.52 Å². The number of nitrogens with zero attached hydrogens (tertiary/aromatic N) is 1. The molecule has 0 aliphatic carbocycles. The van der Waals surface area contributed by atoms with Gasteiger partial charge in [-0.15, -0.1) is 0 Å². The number of hydrogen-bond donors (Lipinski definition) is 1. The van der Waals surface area contributed by atoms with Crippen LogP contribution in [0.1, 0.15) is 11.3 Å². The standard InChI is InChI=1S/C12H11NO3/c1-8-10(5-12(14)15)11(7-16-8)9-3-2-4-13-6-9/h2-4,6-7H,5H2,1H3,(H,14,15). The monoisotopic (exact) mass is 217 g/mol. The maximum absolute atomic E-state index is 10.7. The molecule has 0 spiro atoms. The highest BCUT2D eigenvalue weighted by atomic mass is 16.4. The predicted molar refractivity (Wildman–Crippen MR) is 58.0 cm³/mol. The maximum Gasteiger partial charge on any atom is 0.307 e. The topological polar surface area (TPSA) is 63.3 Å². The molecule has 0 bridgehead atoms. The van der Waals surface area contributed by atoms with Crippen LogP contribution in [0.5, 0.6) is 0 Å². The molecular weight excluding hydrogens is 206 g/mol. The number of hydrogen-bond acceptors (Lipinski definition) is 3. The van der Waals surface area contributed by atoms with Crippen molar-refractivity contribution in [1.82, 2.24) is 4.98 Å². The lowest BCUT2D eigenvalue weighted by Crippen LogP contribution is -2.01. The molecule has 1 N–H and O–H groups in total. The maximum atomic E-state index is 10.7. The van der Waals surface area contributed by atoms with Crippen LogP contribution in [-0.4, -0.2) is 16.1 Å². The minimum absolute atomic E-state index is 0.0352. The molecule has 0 saturated carbocycles. The van der Waals surface area contributed by atoms with Crippen molar-refractivity contribution in [3.8, 4) is 11.1 Å². The molecule has 4 nitrogen and oxygen atoms in total. The summed E-state index contributed by atoms with van der Waals surface area (Å²) in [5.74, 6) is -0.226. The fourth-order valence-electron chi connectivity index (χ4n) is 1.61. The predicted octanol–water partition coefficient (Wildman–Crippen LogP) is 2.28. The van der Waals surface area contributed by atoms with Gasteiger partial charge in [-0.05, 0) is 13.0 Å². The number of aromatic nitrogens is 1. The summed E-state index contributed by atoms with van der Waals surface area (Å²) < 4.78 is 5.26. The fourth-order valence-corrected chi connectivity index (χ4v) is 1.61. The van der Waals surface area contributed by atoms with Crippen molar-refractivity contribution in [2.75, 3.05) is 0 Å². The quantitative estimate of drug-likeness (QED) is 0.856. The Balaban J connectivity index is 2.46. The lowest BCUT2D eigenvalue weighted by atomic mass is 10.0. The number of aliphatic carboxylic acids is 1. The van der Waals surface area contributed by atoms with Crippen molar-refractivity contribution in [1.29, 1.82) is 0 Å². The minimum Gasteiger partial charge on any atom is -0.481 e. The van der Waals surface area contributed by atoms with E-state index in [0.717, 1.165) is 11.1 Å². The molecule has 0 unspecified atom stereocenters. The second-order valence-electron chi connectivity index (χ2n) is 3.50. The summed E-state index contributed by atoms with van der Waals surface area (Å²) >= 11 is 0. The van der Waals surface area contributed by atoms with Crippen LogP contribution in [0, 0.1) is 6.92 Å². The lowest BCUT2D eigenvalue weighted by Gasteiger charge is -2.00. The minimum atomic E-state index is -0.866. The van der Waals surface area contributed by atoms with Gasteiger partial charge in [-0.2, -0.15) is 0 Å². The SMILES string of the molecule is Cc1occ(-c2cccnc2)c1CC(=O)O. The Labute approximate surface area is 92.6 Å². The van der Waals surface area contributed by atoms with E-state index in [9.17, 15) is 4.79 Å². The van der Waals surface area contributed by atoms with Crippen molar-refractivity contribution in [3.63, 3.8) is 0 Å². The third-order valence-electron chi connectivity index (χ3n) is 2.40. The van der Waals surface area contributed by atoms with Crippen LogP contribution in [0.4, 0.5) is 0 Å². The van der Waals surface area contributed by atoms with Gasteiger partial charge in [0.05, 0.1) is 12.7 Å². The zero-order valence-electron chi connectivity index (χ0n) is 8.80. The van der Waals surface area contributed by atoms with Crippen molar-refractivity contribution in [2.24, 2.45) is 0 Å². The van der Waals surface area contributed by atoms with Crippen LogP contribution in [-0.2, 0) is 11.2 Å². The molecule has 2 rings (SSSR count). The molecule has 2 heterocycles. The average molecular weight is 217 g/mol. The van der Waals surface area contributed by atoms with E-state index in [1.54, 1.807) is 25.6 Å². The molecule has 0 fully saturated rings. The van der Waals surface area contributed by atoms with Gasteiger partial charge in [0, 0.05) is 29.1 Å². The first-order chi connectivity index (χ1) is 7.68. The summed E-state index contributed by atoms with van der Waals surface area (Å²) in [6, 6.07) is 3.69. The summed E-state index contributed by atoms with van der Waals surface area (Å²) in [4.78, 5) is 14.7. The largest absolute Gasteiger partial charge is 0.481 e. The van der Waals surface area contributed by atoms with Gasteiger partial charge in [0.25, 0.3) is 0 Å². The van der Waals surface area contributed by atoms with E-state index in [1.807, 2.05) is 12.1 Å². The second-order valence-corrected chi connectivity index (χ2v) is 3.50. The first-order valence-corrected chi connectivity index (χ1v) is 4.87. The van der Waals surface area contributed by atoms with E-state index in [2.05, 4.69) is 4.98 Å². The van der Waals surface area contributed by atoms with Crippen LogP contribution in [0.3, 0.4) is 0 Å². The van der Waals surface area contributed by atoms with Crippen LogP contribution in [0.25, 0.3) is 11.1 Å². The zero-order valence-corrected chi connectivity index (χ0v) is 8.80. The number of carboxylic acid groups (broad SMARTS) is 1. The van der Waals surface area contributed by atoms with Crippen LogP contribution < -0.4 is 0 Å². The molecular formula is C12H11NO3. The van der Waals surface area contributed by atoms with Gasteiger partial charge in [-0.25, -0.2) is 0 Å². The zero-order chi connectivity index (χ0) is 11.5. The van der Waals surface area contributed by atoms with Gasteiger partial charge in [-0.3, -0.25) is 9.78 Å². The molecule has 2 aromatic heterocycles. The van der Waals surface area contributed by atoms with E-state index in [1.165, 1.54) is 0 Å². The summed E-state index contributed by atoms with van der Waals surface area (Å²) in [5, 5.41) is 8.82. The molecule has 16 heavy (non-hydrogen) atoms. The molecule has 82 valence electrons.